The van der Waals surface area contributed by atoms with E-state index in [9.17, 15) is 14.3 Å². The van der Waals surface area contributed by atoms with Crippen LogP contribution in [0.25, 0.3) is 0 Å². The summed E-state index contributed by atoms with van der Waals surface area (Å²) in [4.78, 5) is 24.4. The number of allylic oxidation sites excluding steroid dienone is 4. The summed E-state index contributed by atoms with van der Waals surface area (Å²) in [6, 6.07) is 0. The van der Waals surface area contributed by atoms with E-state index in [1.165, 1.54) is 128 Å². The van der Waals surface area contributed by atoms with Gasteiger partial charge in [-0.15, -0.1) is 0 Å². The monoisotopic (exact) mass is 905 g/mol. The summed E-state index contributed by atoms with van der Waals surface area (Å²) in [5.41, 5.74) is 2.07. The second kappa shape index (κ2) is 27.1. The number of hydrogen-bond acceptors (Lipinski definition) is 6. The molecule has 3 fully saturated rings. The zero-order valence-corrected chi connectivity index (χ0v) is 43.2. The maximum absolute atomic E-state index is 13.9. The first-order valence-electron chi connectivity index (χ1n) is 26.5. The van der Waals surface area contributed by atoms with Crippen molar-refractivity contribution in [2.45, 2.75) is 208 Å². The normalized spacial score (nSPS) is 29.2. The van der Waals surface area contributed by atoms with Crippen LogP contribution in [0.15, 0.2) is 23.8 Å². The molecule has 6 unspecified atom stereocenters. The lowest BCUT2D eigenvalue weighted by molar-refractivity contribution is -0.870. The highest BCUT2D eigenvalue weighted by atomic mass is 31.2. The molecule has 0 aromatic carbocycles. The van der Waals surface area contributed by atoms with E-state index in [-0.39, 0.29) is 37.1 Å². The second-order valence-corrected chi connectivity index (χ2v) is 24.4. The quantitative estimate of drug-likeness (QED) is 0.0236. The van der Waals surface area contributed by atoms with E-state index >= 15 is 0 Å². The van der Waals surface area contributed by atoms with Crippen LogP contribution in [0, 0.1) is 52.3 Å². The van der Waals surface area contributed by atoms with Crippen LogP contribution in [0.4, 0.5) is 0 Å². The molecule has 9 heteroatoms. The Balaban J connectivity index is 1.23. The summed E-state index contributed by atoms with van der Waals surface area (Å²) in [5, 5.41) is 0. The standard InChI is InChI=1S/C54H98NO7P/c1-10-11-12-13-14-15-16-17-18-19-20-21-22-23-24-25-38-59-41-47(42-61-63(57,58)60-39-37-55(7,8)9)62-52(56)45-33-35-53(5)46(40-45)29-30-48-50-32-31-49(44(4)28-26-27-43(2)3)54(50,6)36-34-51(48)53/h17-18,29,43-45,47-51H,10-16,19-28,30-42H2,1-9H3/p+1/b18-17-/t44-,45?,47?,48?,49-,50?,51?,53+,54-/m1/s1. The van der Waals surface area contributed by atoms with E-state index in [0.717, 1.165) is 68.1 Å². The minimum absolute atomic E-state index is 0.0874. The number of esters is 1. The highest BCUT2D eigenvalue weighted by Gasteiger charge is 2.59. The van der Waals surface area contributed by atoms with E-state index in [4.69, 9.17) is 18.5 Å². The summed E-state index contributed by atoms with van der Waals surface area (Å²) in [6.45, 7) is 15.8. The molecule has 3 saturated carbocycles. The van der Waals surface area contributed by atoms with Crippen molar-refractivity contribution in [3.8, 4) is 0 Å². The first kappa shape index (κ1) is 54.6. The number of carbonyl (C=O) groups is 1. The summed E-state index contributed by atoms with van der Waals surface area (Å²) in [6.07, 6.45) is 37.2. The van der Waals surface area contributed by atoms with E-state index < -0.39 is 13.9 Å². The number of quaternary nitrogens is 1. The molecule has 0 amide bonds. The van der Waals surface area contributed by atoms with Crippen molar-refractivity contribution in [1.82, 2.24) is 0 Å². The molecule has 0 radical (unpaired) electrons. The van der Waals surface area contributed by atoms with Crippen molar-refractivity contribution >= 4 is 13.8 Å². The highest BCUT2D eigenvalue weighted by Crippen LogP contribution is 2.67. The Kier molecular flexibility index (Phi) is 23.5. The molecule has 0 bridgehead atoms. The molecule has 0 aromatic heterocycles. The van der Waals surface area contributed by atoms with Gasteiger partial charge in [-0.05, 0) is 130 Å². The largest absolute Gasteiger partial charge is 0.472 e. The Morgan fingerprint density at radius 2 is 1.48 bits per heavy atom. The molecule has 0 heterocycles. The molecule has 0 spiro atoms. The van der Waals surface area contributed by atoms with Gasteiger partial charge in [0.25, 0.3) is 0 Å². The van der Waals surface area contributed by atoms with Crippen molar-refractivity contribution in [2.75, 3.05) is 54.1 Å². The third-order valence-electron chi connectivity index (χ3n) is 16.5. The zero-order chi connectivity index (χ0) is 45.9. The fraction of sp³-hybridized carbons (Fsp3) is 0.907. The van der Waals surface area contributed by atoms with Gasteiger partial charge in [-0.1, -0.05) is 142 Å². The summed E-state index contributed by atoms with van der Waals surface area (Å²) >= 11 is 0. The van der Waals surface area contributed by atoms with Crippen molar-refractivity contribution in [3.63, 3.8) is 0 Å². The van der Waals surface area contributed by atoms with Crippen LogP contribution in [0.1, 0.15) is 202 Å². The van der Waals surface area contributed by atoms with E-state index in [1.54, 1.807) is 0 Å². The average molecular weight is 905 g/mol. The molecule has 4 aliphatic carbocycles. The van der Waals surface area contributed by atoms with Crippen LogP contribution >= 0.6 is 7.82 Å². The molecule has 10 atom stereocenters. The molecular weight excluding hydrogens is 806 g/mol. The van der Waals surface area contributed by atoms with Crippen LogP contribution in [0.3, 0.4) is 0 Å². The fourth-order valence-corrected chi connectivity index (χ4v) is 13.3. The van der Waals surface area contributed by atoms with Gasteiger partial charge in [-0.2, -0.15) is 0 Å². The molecule has 0 aliphatic heterocycles. The topological polar surface area (TPSA) is 91.3 Å². The van der Waals surface area contributed by atoms with Gasteiger partial charge in [0.05, 0.1) is 40.3 Å². The van der Waals surface area contributed by atoms with Crippen LogP contribution < -0.4 is 0 Å². The van der Waals surface area contributed by atoms with Crippen LogP contribution in [-0.2, 0) is 27.9 Å². The van der Waals surface area contributed by atoms with Gasteiger partial charge in [0.2, 0.25) is 0 Å². The lowest BCUT2D eigenvalue weighted by Gasteiger charge is -2.58. The Bertz CT molecular complexity index is 1420. The Labute approximate surface area is 388 Å². The van der Waals surface area contributed by atoms with Crippen molar-refractivity contribution in [1.29, 1.82) is 0 Å². The van der Waals surface area contributed by atoms with Gasteiger partial charge >= 0.3 is 13.8 Å². The van der Waals surface area contributed by atoms with Gasteiger partial charge in [-0.3, -0.25) is 13.8 Å². The highest BCUT2D eigenvalue weighted by molar-refractivity contribution is 7.47. The number of nitrogens with zero attached hydrogens (tertiary/aromatic N) is 1. The molecule has 4 rings (SSSR count). The van der Waals surface area contributed by atoms with Crippen LogP contribution in [0.5, 0.6) is 0 Å². The number of carbonyl (C=O) groups excluding carboxylic acids is 1. The van der Waals surface area contributed by atoms with Crippen LogP contribution in [-0.4, -0.2) is 75.6 Å². The number of phosphoric acid groups is 1. The maximum atomic E-state index is 13.9. The van der Waals surface area contributed by atoms with Crippen molar-refractivity contribution in [3.05, 3.63) is 23.8 Å². The molecule has 366 valence electrons. The van der Waals surface area contributed by atoms with Crippen molar-refractivity contribution in [2.24, 2.45) is 52.3 Å². The first-order valence-corrected chi connectivity index (χ1v) is 28.0. The van der Waals surface area contributed by atoms with Gasteiger partial charge in [0.15, 0.2) is 0 Å². The number of phosphoric ester groups is 1. The number of rotatable bonds is 32. The maximum Gasteiger partial charge on any atom is 0.472 e. The number of unbranched alkanes of at least 4 members (excludes halogenated alkanes) is 12. The van der Waals surface area contributed by atoms with E-state index in [2.05, 4.69) is 59.8 Å². The van der Waals surface area contributed by atoms with E-state index in [0.29, 0.717) is 29.0 Å². The molecule has 8 nitrogen and oxygen atoms in total. The zero-order valence-electron chi connectivity index (χ0n) is 42.4. The second-order valence-electron chi connectivity index (χ2n) is 22.9. The van der Waals surface area contributed by atoms with E-state index in [1.807, 2.05) is 21.1 Å². The Hall–Kier alpha value is -1.02. The molecule has 0 saturated heterocycles. The number of ether oxygens (including phenoxy) is 2. The minimum atomic E-state index is -4.33. The number of fused-ring (bicyclic) bond motifs is 5. The Morgan fingerprint density at radius 3 is 2.14 bits per heavy atom. The SMILES string of the molecule is CCCCCCCC/C=C\CCCCCCCCOCC(COP(=O)(O)OCC[N+](C)(C)C)OC(=O)C1CC[C@@]2(C)C(=CCC3C2CC[C@@]2(C)C3CC[C@@H]2[C@H](C)CCCC(C)C)C1. The van der Waals surface area contributed by atoms with Gasteiger partial charge in [-0.25, -0.2) is 4.57 Å². The third kappa shape index (κ3) is 17.9. The predicted molar refractivity (Wildman–Crippen MR) is 261 cm³/mol. The summed E-state index contributed by atoms with van der Waals surface area (Å²) in [7, 11) is 1.66. The fourth-order valence-electron chi connectivity index (χ4n) is 12.6. The molecule has 0 aromatic rings. The smallest absolute Gasteiger partial charge is 0.457 e. The molecule has 4 aliphatic rings. The Morgan fingerprint density at radius 1 is 0.810 bits per heavy atom. The van der Waals surface area contributed by atoms with Crippen LogP contribution in [0.2, 0.25) is 0 Å². The van der Waals surface area contributed by atoms with Gasteiger partial charge in [0, 0.05) is 6.61 Å². The van der Waals surface area contributed by atoms with Gasteiger partial charge < -0.3 is 18.9 Å². The predicted octanol–water partition coefficient (Wildman–Crippen LogP) is 14.4. The lowest BCUT2D eigenvalue weighted by atomic mass is 9.46. The molecule has 63 heavy (non-hydrogen) atoms. The molecular formula is C54H99NO7P+. The third-order valence-corrected chi connectivity index (χ3v) is 17.4. The summed E-state index contributed by atoms with van der Waals surface area (Å²) < 4.78 is 36.4. The van der Waals surface area contributed by atoms with Crippen molar-refractivity contribution < 1.29 is 37.3 Å². The first-order chi connectivity index (χ1) is 30.0. The molecule has 1 N–H and O–H groups in total. The lowest BCUT2D eigenvalue weighted by Crippen LogP contribution is -2.51. The number of likely N-dealkylation sites (N-methyl/N-ethyl adjacent to an activating group) is 1. The number of hydrogen-bond donors (Lipinski definition) is 1. The minimum Gasteiger partial charge on any atom is -0.457 e. The summed E-state index contributed by atoms with van der Waals surface area (Å²) in [5.74, 6) is 4.23. The van der Waals surface area contributed by atoms with Gasteiger partial charge in [0.1, 0.15) is 19.3 Å². The average Bonchev–Trinajstić information content (AvgIpc) is 3.58.